The molecule has 2 aromatic heterocycles. The maximum absolute atomic E-state index is 12.8. The molecule has 0 unspecified atom stereocenters. The number of hydrogen-bond acceptors (Lipinski definition) is 5. The van der Waals surface area contributed by atoms with Gasteiger partial charge in [0.25, 0.3) is 5.56 Å². The summed E-state index contributed by atoms with van der Waals surface area (Å²) in [5, 5.41) is 13.1. The second kappa shape index (κ2) is 6.53. The van der Waals surface area contributed by atoms with Crippen LogP contribution in [0.15, 0.2) is 52.2 Å². The van der Waals surface area contributed by atoms with Gasteiger partial charge in [0.2, 0.25) is 5.69 Å². The summed E-state index contributed by atoms with van der Waals surface area (Å²) in [6, 6.07) is 12.4. The molecular weight excluding hydrogens is 318 g/mol. The van der Waals surface area contributed by atoms with E-state index in [2.05, 4.69) is 10.1 Å². The normalized spacial score (nSPS) is 10.4. The van der Waals surface area contributed by atoms with Crippen LogP contribution in [0.5, 0.6) is 0 Å². The predicted octanol–water partition coefficient (Wildman–Crippen LogP) is 1.33. The van der Waals surface area contributed by atoms with Gasteiger partial charge in [-0.25, -0.2) is 4.79 Å². The van der Waals surface area contributed by atoms with Gasteiger partial charge in [-0.2, -0.15) is 9.94 Å². The highest BCUT2D eigenvalue weighted by atomic mass is 16.2. The lowest BCUT2D eigenvalue weighted by atomic mass is 10.1. The fraction of sp³-hybridized carbons (Fsp3) is 0.167. The third-order valence-corrected chi connectivity index (χ3v) is 3.95. The molecule has 0 saturated carbocycles. The zero-order chi connectivity index (χ0) is 18.0. The second-order valence-corrected chi connectivity index (χ2v) is 5.64. The summed E-state index contributed by atoms with van der Waals surface area (Å²) >= 11 is 0. The first-order chi connectivity index (χ1) is 12.0. The van der Waals surface area contributed by atoms with Crippen molar-refractivity contribution >= 4 is 0 Å². The van der Waals surface area contributed by atoms with Gasteiger partial charge < -0.3 is 0 Å². The van der Waals surface area contributed by atoms with Crippen molar-refractivity contribution < 1.29 is 0 Å². The van der Waals surface area contributed by atoms with Crippen LogP contribution in [0, 0.1) is 25.2 Å². The zero-order valence-electron chi connectivity index (χ0n) is 13.8. The number of benzene rings is 1. The van der Waals surface area contributed by atoms with Crippen LogP contribution in [0.1, 0.15) is 22.5 Å². The molecule has 3 aromatic rings. The number of pyridine rings is 1. The Morgan fingerprint density at radius 3 is 2.56 bits per heavy atom. The van der Waals surface area contributed by atoms with Gasteiger partial charge >= 0.3 is 5.69 Å². The number of rotatable bonds is 3. The Morgan fingerprint density at radius 1 is 1.12 bits per heavy atom. The first-order valence-corrected chi connectivity index (χ1v) is 7.63. The van der Waals surface area contributed by atoms with Gasteiger partial charge in [0.1, 0.15) is 6.07 Å². The molecule has 0 N–H and O–H groups in total. The number of aryl methyl sites for hydroxylation is 2. The Labute approximate surface area is 143 Å². The van der Waals surface area contributed by atoms with E-state index in [-0.39, 0.29) is 12.2 Å². The molecule has 7 nitrogen and oxygen atoms in total. The van der Waals surface area contributed by atoms with Crippen LogP contribution in [0.25, 0.3) is 5.69 Å². The standard InChI is InChI=1S/C18H15N5O2/c1-12-6-7-15(9-13(12)2)23-18(25)22(17(24)16(10-19)21-23)11-14-5-3-4-8-20-14/h3-9H,11H2,1-2H3. The third-order valence-electron chi connectivity index (χ3n) is 3.95. The largest absolute Gasteiger partial charge is 0.352 e. The Kier molecular flexibility index (Phi) is 4.27. The average Bonchev–Trinajstić information content (AvgIpc) is 2.62. The van der Waals surface area contributed by atoms with Gasteiger partial charge in [-0.1, -0.05) is 12.1 Å². The van der Waals surface area contributed by atoms with Crippen LogP contribution >= 0.6 is 0 Å². The lowest BCUT2D eigenvalue weighted by Gasteiger charge is -2.11. The van der Waals surface area contributed by atoms with Crippen LogP contribution in [0.2, 0.25) is 0 Å². The maximum atomic E-state index is 12.8. The Hall–Kier alpha value is -3.53. The van der Waals surface area contributed by atoms with Crippen molar-refractivity contribution in [3.05, 3.63) is 85.9 Å². The molecule has 0 aliphatic carbocycles. The van der Waals surface area contributed by atoms with Crippen molar-refractivity contribution in [2.45, 2.75) is 20.4 Å². The van der Waals surface area contributed by atoms with Gasteiger partial charge in [0.05, 0.1) is 17.9 Å². The summed E-state index contributed by atoms with van der Waals surface area (Å²) in [4.78, 5) is 29.3. The fourth-order valence-corrected chi connectivity index (χ4v) is 2.40. The van der Waals surface area contributed by atoms with E-state index in [1.807, 2.05) is 19.9 Å². The highest BCUT2D eigenvalue weighted by Gasteiger charge is 2.15. The molecule has 7 heteroatoms. The van der Waals surface area contributed by atoms with Gasteiger partial charge in [0, 0.05) is 6.20 Å². The smallest absolute Gasteiger partial charge is 0.266 e. The molecule has 2 heterocycles. The van der Waals surface area contributed by atoms with Crippen molar-refractivity contribution in [3.63, 3.8) is 0 Å². The number of nitriles is 1. The SMILES string of the molecule is Cc1ccc(-n2nc(C#N)c(=O)n(Cc3ccccn3)c2=O)cc1C. The van der Waals surface area contributed by atoms with Crippen LogP contribution in [-0.2, 0) is 6.54 Å². The molecule has 0 saturated heterocycles. The fourth-order valence-electron chi connectivity index (χ4n) is 2.40. The number of hydrogen-bond donors (Lipinski definition) is 0. The molecule has 0 aliphatic heterocycles. The molecule has 0 aliphatic rings. The van der Waals surface area contributed by atoms with E-state index in [0.717, 1.165) is 20.4 Å². The zero-order valence-corrected chi connectivity index (χ0v) is 13.8. The molecule has 124 valence electrons. The summed E-state index contributed by atoms with van der Waals surface area (Å²) in [6.07, 6.45) is 1.58. The van der Waals surface area contributed by atoms with Crippen LogP contribution in [0.3, 0.4) is 0 Å². The first-order valence-electron chi connectivity index (χ1n) is 7.63. The average molecular weight is 333 g/mol. The van der Waals surface area contributed by atoms with Crippen molar-refractivity contribution in [1.82, 2.24) is 19.3 Å². The highest BCUT2D eigenvalue weighted by Crippen LogP contribution is 2.11. The van der Waals surface area contributed by atoms with Gasteiger partial charge in [-0.15, -0.1) is 5.10 Å². The van der Waals surface area contributed by atoms with Crippen molar-refractivity contribution in [3.8, 4) is 11.8 Å². The van der Waals surface area contributed by atoms with E-state index in [1.54, 1.807) is 42.6 Å². The minimum atomic E-state index is -0.724. The molecule has 0 fully saturated rings. The molecular formula is C18H15N5O2. The molecule has 0 radical (unpaired) electrons. The lowest BCUT2D eigenvalue weighted by Crippen LogP contribution is -2.42. The molecule has 3 rings (SSSR count). The third kappa shape index (κ3) is 3.10. The number of nitrogens with zero attached hydrogens (tertiary/aromatic N) is 5. The quantitative estimate of drug-likeness (QED) is 0.721. The highest BCUT2D eigenvalue weighted by molar-refractivity contribution is 5.39. The second-order valence-electron chi connectivity index (χ2n) is 5.64. The van der Waals surface area contributed by atoms with Gasteiger partial charge in [-0.3, -0.25) is 14.3 Å². The van der Waals surface area contributed by atoms with E-state index in [0.29, 0.717) is 11.4 Å². The molecule has 1 aromatic carbocycles. The molecule has 0 spiro atoms. The van der Waals surface area contributed by atoms with Gasteiger partial charge in [-0.05, 0) is 49.2 Å². The van der Waals surface area contributed by atoms with E-state index >= 15 is 0 Å². The topological polar surface area (TPSA) is 93.6 Å². The summed E-state index contributed by atoms with van der Waals surface area (Å²) in [7, 11) is 0. The summed E-state index contributed by atoms with van der Waals surface area (Å²) < 4.78 is 2.05. The Balaban J connectivity index is 2.22. The molecule has 0 amide bonds. The maximum Gasteiger partial charge on any atom is 0.352 e. The summed E-state index contributed by atoms with van der Waals surface area (Å²) in [5.41, 5.74) is 1.42. The Morgan fingerprint density at radius 2 is 1.92 bits per heavy atom. The van der Waals surface area contributed by atoms with Crippen molar-refractivity contribution in [1.29, 1.82) is 5.26 Å². The van der Waals surface area contributed by atoms with Gasteiger partial charge in [0.15, 0.2) is 0 Å². The van der Waals surface area contributed by atoms with E-state index < -0.39 is 11.2 Å². The molecule has 25 heavy (non-hydrogen) atoms. The minimum absolute atomic E-state index is 0.0272. The van der Waals surface area contributed by atoms with Crippen LogP contribution in [0.4, 0.5) is 0 Å². The summed E-state index contributed by atoms with van der Waals surface area (Å²) in [6.45, 7) is 3.84. The molecule has 0 atom stereocenters. The van der Waals surface area contributed by atoms with Crippen LogP contribution in [-0.4, -0.2) is 19.3 Å². The van der Waals surface area contributed by atoms with Crippen molar-refractivity contribution in [2.75, 3.05) is 0 Å². The first kappa shape index (κ1) is 16.3. The number of aromatic nitrogens is 4. The Bertz CT molecular complexity index is 1090. The van der Waals surface area contributed by atoms with E-state index in [1.165, 1.54) is 0 Å². The predicted molar refractivity (Wildman–Crippen MR) is 91.6 cm³/mol. The lowest BCUT2D eigenvalue weighted by molar-refractivity contribution is 0.604. The molecule has 0 bridgehead atoms. The van der Waals surface area contributed by atoms with E-state index in [9.17, 15) is 14.9 Å². The van der Waals surface area contributed by atoms with Crippen LogP contribution < -0.4 is 11.2 Å². The van der Waals surface area contributed by atoms with Crippen molar-refractivity contribution in [2.24, 2.45) is 0 Å². The van der Waals surface area contributed by atoms with E-state index in [4.69, 9.17) is 0 Å². The summed E-state index contributed by atoms with van der Waals surface area (Å²) in [5.74, 6) is 0. The minimum Gasteiger partial charge on any atom is -0.266 e. The monoisotopic (exact) mass is 333 g/mol.